The number of hydrogen-bond donors (Lipinski definition) is 3. The topological polar surface area (TPSA) is 74.2 Å². The van der Waals surface area contributed by atoms with Crippen molar-refractivity contribution in [3.05, 3.63) is 71.2 Å². The van der Waals surface area contributed by atoms with E-state index in [1.165, 1.54) is 17.7 Å². The van der Waals surface area contributed by atoms with Crippen LogP contribution in [-0.4, -0.2) is 42.5 Å². The number of nitrogens with two attached hydrogens (primary N) is 1. The Hall–Kier alpha value is -2.12. The molecule has 0 unspecified atom stereocenters. The fourth-order valence-corrected chi connectivity index (χ4v) is 3.19. The predicted octanol–water partition coefficient (Wildman–Crippen LogP) is 3.90. The second-order valence-electron chi connectivity index (χ2n) is 7.10. The smallest absolute Gasteiger partial charge is 0.267 e. The molecule has 3 rings (SSSR count). The second kappa shape index (κ2) is 12.5. The van der Waals surface area contributed by atoms with Gasteiger partial charge in [0.15, 0.2) is 0 Å². The van der Waals surface area contributed by atoms with E-state index < -0.39 is 0 Å². The lowest BCUT2D eigenvalue weighted by atomic mass is 10.1. The summed E-state index contributed by atoms with van der Waals surface area (Å²) in [5, 5.41) is 3.60. The van der Waals surface area contributed by atoms with Crippen molar-refractivity contribution in [1.82, 2.24) is 15.2 Å². The highest BCUT2D eigenvalue weighted by atomic mass is 35.5. The summed E-state index contributed by atoms with van der Waals surface area (Å²) in [6, 6.07) is 14.5. The molecule has 1 aromatic heterocycles. The predicted molar refractivity (Wildman–Crippen MR) is 125 cm³/mol. The Morgan fingerprint density at radius 1 is 1.07 bits per heavy atom. The van der Waals surface area contributed by atoms with Gasteiger partial charge >= 0.3 is 0 Å². The van der Waals surface area contributed by atoms with Gasteiger partial charge in [-0.05, 0) is 61.8 Å². The zero-order valence-electron chi connectivity index (χ0n) is 17.0. The molecule has 0 aliphatic carbocycles. The van der Waals surface area contributed by atoms with Crippen molar-refractivity contribution >= 4 is 41.6 Å². The third kappa shape index (κ3) is 7.29. The highest BCUT2D eigenvalue weighted by Crippen LogP contribution is 2.16. The van der Waals surface area contributed by atoms with E-state index in [0.717, 1.165) is 37.0 Å². The average Bonchev–Trinajstić information content (AvgIpc) is 3.11. The Kier molecular flexibility index (Phi) is 10.8. The van der Waals surface area contributed by atoms with E-state index in [1.807, 2.05) is 0 Å². The number of aryl methyl sites for hydroxylation is 1. The Morgan fingerprint density at radius 3 is 2.47 bits per heavy atom. The number of rotatable bonds is 9. The molecule has 0 aliphatic rings. The first-order chi connectivity index (χ1) is 13.5. The van der Waals surface area contributed by atoms with Crippen LogP contribution in [0.3, 0.4) is 0 Å². The minimum atomic E-state index is -0.310. The Balaban J connectivity index is 0.00000225. The number of fused-ring (bicyclic) bond motifs is 1. The lowest BCUT2D eigenvalue weighted by Crippen LogP contribution is -2.33. The number of carbonyl (C=O) groups is 1. The minimum Gasteiger partial charge on any atom is -0.351 e. The van der Waals surface area contributed by atoms with Crippen LogP contribution in [0.2, 0.25) is 0 Å². The van der Waals surface area contributed by atoms with Crippen LogP contribution in [0, 0.1) is 5.82 Å². The van der Waals surface area contributed by atoms with Crippen LogP contribution < -0.4 is 11.1 Å². The number of nitrogens with one attached hydrogen (secondary N) is 2. The Labute approximate surface area is 189 Å². The van der Waals surface area contributed by atoms with Crippen molar-refractivity contribution in [3.63, 3.8) is 0 Å². The number of benzene rings is 2. The number of halogens is 3. The van der Waals surface area contributed by atoms with Crippen LogP contribution in [0.4, 0.5) is 4.39 Å². The SMILES string of the molecule is CN(CCCc1ccc(CN)cc1)CCNC(=O)c1cc2cc(F)ccc2[nH]1.Cl.Cl. The van der Waals surface area contributed by atoms with Gasteiger partial charge in [0.1, 0.15) is 11.5 Å². The van der Waals surface area contributed by atoms with Gasteiger partial charge in [0.05, 0.1) is 0 Å². The molecule has 164 valence electrons. The number of hydrogen-bond acceptors (Lipinski definition) is 3. The highest BCUT2D eigenvalue weighted by molar-refractivity contribution is 5.98. The van der Waals surface area contributed by atoms with Crippen LogP contribution in [0.5, 0.6) is 0 Å². The summed E-state index contributed by atoms with van der Waals surface area (Å²) in [5.74, 6) is -0.486. The van der Waals surface area contributed by atoms with Crippen LogP contribution in [-0.2, 0) is 13.0 Å². The van der Waals surface area contributed by atoms with Gasteiger partial charge in [0, 0.05) is 30.5 Å². The maximum atomic E-state index is 13.3. The summed E-state index contributed by atoms with van der Waals surface area (Å²) in [6.45, 7) is 2.86. The van der Waals surface area contributed by atoms with Gasteiger partial charge in [-0.2, -0.15) is 0 Å². The van der Waals surface area contributed by atoms with E-state index in [2.05, 4.69) is 46.5 Å². The second-order valence-corrected chi connectivity index (χ2v) is 7.10. The molecule has 1 heterocycles. The van der Waals surface area contributed by atoms with E-state index in [0.29, 0.717) is 24.2 Å². The van der Waals surface area contributed by atoms with Crippen LogP contribution in [0.15, 0.2) is 48.5 Å². The van der Waals surface area contributed by atoms with Gasteiger partial charge in [0.25, 0.3) is 5.91 Å². The molecule has 0 bridgehead atoms. The van der Waals surface area contributed by atoms with Gasteiger partial charge in [0.2, 0.25) is 0 Å². The maximum absolute atomic E-state index is 13.3. The molecule has 0 fully saturated rings. The van der Waals surface area contributed by atoms with Crippen LogP contribution in [0.25, 0.3) is 10.9 Å². The van der Waals surface area contributed by atoms with E-state index >= 15 is 0 Å². The van der Waals surface area contributed by atoms with Crippen molar-refractivity contribution < 1.29 is 9.18 Å². The molecular formula is C22H29Cl2FN4O. The number of carbonyl (C=O) groups excluding carboxylic acids is 1. The molecule has 0 saturated carbocycles. The zero-order chi connectivity index (χ0) is 19.9. The fraction of sp³-hybridized carbons (Fsp3) is 0.318. The number of aromatic amines is 1. The molecule has 0 radical (unpaired) electrons. The zero-order valence-corrected chi connectivity index (χ0v) is 18.6. The molecule has 3 aromatic rings. The molecular weight excluding hydrogens is 426 g/mol. The number of likely N-dealkylation sites (N-methyl/N-ethyl adjacent to an activating group) is 1. The number of amides is 1. The Morgan fingerprint density at radius 2 is 1.77 bits per heavy atom. The molecule has 1 amide bonds. The van der Waals surface area contributed by atoms with Crippen molar-refractivity contribution in [1.29, 1.82) is 0 Å². The van der Waals surface area contributed by atoms with Crippen molar-refractivity contribution in [2.45, 2.75) is 19.4 Å². The largest absolute Gasteiger partial charge is 0.351 e. The third-order valence-electron chi connectivity index (χ3n) is 4.87. The number of H-pyrrole nitrogens is 1. The number of nitrogens with zero attached hydrogens (tertiary/aromatic N) is 1. The summed E-state index contributed by atoms with van der Waals surface area (Å²) < 4.78 is 13.3. The molecule has 0 saturated heterocycles. The lowest BCUT2D eigenvalue weighted by Gasteiger charge is -2.16. The van der Waals surface area contributed by atoms with Gasteiger partial charge in [-0.1, -0.05) is 24.3 Å². The van der Waals surface area contributed by atoms with Gasteiger partial charge in [-0.25, -0.2) is 4.39 Å². The fourth-order valence-electron chi connectivity index (χ4n) is 3.19. The summed E-state index contributed by atoms with van der Waals surface area (Å²) >= 11 is 0. The first kappa shape index (κ1) is 25.9. The summed E-state index contributed by atoms with van der Waals surface area (Å²) in [7, 11) is 2.05. The molecule has 0 atom stereocenters. The van der Waals surface area contributed by atoms with Crippen molar-refractivity contribution in [2.24, 2.45) is 5.73 Å². The molecule has 8 heteroatoms. The monoisotopic (exact) mass is 454 g/mol. The van der Waals surface area contributed by atoms with E-state index in [4.69, 9.17) is 5.73 Å². The lowest BCUT2D eigenvalue weighted by molar-refractivity contribution is 0.0945. The molecule has 0 aliphatic heterocycles. The van der Waals surface area contributed by atoms with E-state index in [1.54, 1.807) is 12.1 Å². The summed E-state index contributed by atoms with van der Waals surface area (Å²) in [6.07, 6.45) is 2.08. The van der Waals surface area contributed by atoms with Crippen molar-refractivity contribution in [3.8, 4) is 0 Å². The van der Waals surface area contributed by atoms with Gasteiger partial charge in [-0.3, -0.25) is 4.79 Å². The average molecular weight is 455 g/mol. The molecule has 0 spiro atoms. The normalized spacial score (nSPS) is 10.5. The van der Waals surface area contributed by atoms with E-state index in [9.17, 15) is 9.18 Å². The molecule has 2 aromatic carbocycles. The van der Waals surface area contributed by atoms with Gasteiger partial charge in [-0.15, -0.1) is 24.8 Å². The molecule has 4 N–H and O–H groups in total. The first-order valence-corrected chi connectivity index (χ1v) is 9.58. The summed E-state index contributed by atoms with van der Waals surface area (Å²) in [5.41, 5.74) is 9.28. The van der Waals surface area contributed by atoms with Gasteiger partial charge < -0.3 is 20.9 Å². The van der Waals surface area contributed by atoms with Crippen molar-refractivity contribution in [2.75, 3.05) is 26.7 Å². The standard InChI is InChI=1S/C22H27FN4O.2ClH/c1-27(11-2-3-16-4-6-17(15-24)7-5-16)12-10-25-22(28)21-14-18-13-19(23)8-9-20(18)26-21;;/h4-9,13-14,26H,2-3,10-12,15,24H2,1H3,(H,25,28);2*1H. The van der Waals surface area contributed by atoms with Crippen LogP contribution in [0.1, 0.15) is 28.0 Å². The summed E-state index contributed by atoms with van der Waals surface area (Å²) in [4.78, 5) is 17.5. The first-order valence-electron chi connectivity index (χ1n) is 9.58. The highest BCUT2D eigenvalue weighted by Gasteiger charge is 2.10. The molecule has 30 heavy (non-hydrogen) atoms. The van der Waals surface area contributed by atoms with E-state index in [-0.39, 0.29) is 36.5 Å². The third-order valence-corrected chi connectivity index (χ3v) is 4.87. The number of aromatic nitrogens is 1. The quantitative estimate of drug-likeness (QED) is 0.458. The Bertz CT molecular complexity index is 931. The minimum absolute atomic E-state index is 0. The molecule has 5 nitrogen and oxygen atoms in total. The maximum Gasteiger partial charge on any atom is 0.267 e. The van der Waals surface area contributed by atoms with Crippen LogP contribution >= 0.6 is 24.8 Å².